The Kier molecular flexibility index (Phi) is 14.2. The molecule has 13 heteroatoms. The molecule has 48 heavy (non-hydrogen) atoms. The highest BCUT2D eigenvalue weighted by Gasteiger charge is 2.42. The minimum absolute atomic E-state index is 0.00492. The second-order valence-electron chi connectivity index (χ2n) is 17.4. The molecule has 0 saturated carbocycles. The number of aliphatic hydroxyl groups is 1. The Morgan fingerprint density at radius 1 is 0.708 bits per heavy atom. The third kappa shape index (κ3) is 13.9. The van der Waals surface area contributed by atoms with Gasteiger partial charge in [0.1, 0.15) is 35.3 Å². The van der Waals surface area contributed by atoms with E-state index in [0.29, 0.717) is 17.1 Å². The number of carbonyl (C=O) groups excluding carboxylic acids is 4. The fourth-order valence-corrected chi connectivity index (χ4v) is 5.81. The lowest BCUT2D eigenvalue weighted by atomic mass is 10.0. The van der Waals surface area contributed by atoms with Crippen molar-refractivity contribution in [3.8, 4) is 11.5 Å². The summed E-state index contributed by atoms with van der Waals surface area (Å²) in [7, 11) is -4.59. The van der Waals surface area contributed by atoms with E-state index in [0.717, 1.165) is 0 Å². The van der Waals surface area contributed by atoms with Crippen molar-refractivity contribution in [1.29, 1.82) is 0 Å². The molecule has 0 aliphatic carbocycles. The molecule has 274 valence electrons. The number of ether oxygens (including phenoxy) is 2. The predicted octanol–water partition coefficient (Wildman–Crippen LogP) is 6.67. The highest BCUT2D eigenvalue weighted by molar-refractivity contribution is 6.75. The van der Waals surface area contributed by atoms with E-state index in [2.05, 4.69) is 78.4 Å². The van der Waals surface area contributed by atoms with Crippen molar-refractivity contribution < 1.29 is 42.6 Å². The number of ketones is 1. The lowest BCUT2D eigenvalue weighted by molar-refractivity contribution is -0.156. The van der Waals surface area contributed by atoms with Gasteiger partial charge in [0.15, 0.2) is 5.78 Å². The van der Waals surface area contributed by atoms with Gasteiger partial charge in [-0.15, -0.1) is 0 Å². The van der Waals surface area contributed by atoms with Gasteiger partial charge in [-0.05, 0) is 102 Å². The van der Waals surface area contributed by atoms with Gasteiger partial charge < -0.3 is 34.1 Å². The molecule has 0 spiro atoms. The van der Waals surface area contributed by atoms with Gasteiger partial charge in [0.2, 0.25) is 5.91 Å². The van der Waals surface area contributed by atoms with E-state index in [1.807, 2.05) is 18.2 Å². The molecular weight excluding hydrogens is 649 g/mol. The molecule has 0 unspecified atom stereocenters. The first kappa shape index (κ1) is 43.1. The molecule has 3 N–H and O–H groups in total. The molecule has 1 aromatic rings. The minimum atomic E-state index is -2.33. The summed E-state index contributed by atoms with van der Waals surface area (Å²) in [5.74, 6) is -1.02. The number of aliphatic hydroxyl groups excluding tert-OH is 1. The number of benzene rings is 1. The molecule has 0 fully saturated rings. The molecule has 11 nitrogen and oxygen atoms in total. The predicted molar refractivity (Wildman–Crippen MR) is 193 cm³/mol. The first-order valence-corrected chi connectivity index (χ1v) is 22.4. The van der Waals surface area contributed by atoms with E-state index in [1.54, 1.807) is 41.5 Å². The molecule has 0 heterocycles. The number of esters is 1. The van der Waals surface area contributed by atoms with E-state index in [1.165, 1.54) is 0 Å². The van der Waals surface area contributed by atoms with Gasteiger partial charge in [-0.25, -0.2) is 4.79 Å². The largest absolute Gasteiger partial charge is 0.541 e. The van der Waals surface area contributed by atoms with Crippen LogP contribution in [0.3, 0.4) is 0 Å². The third-order valence-corrected chi connectivity index (χ3v) is 17.1. The van der Waals surface area contributed by atoms with E-state index >= 15 is 0 Å². The van der Waals surface area contributed by atoms with Gasteiger partial charge in [-0.1, -0.05) is 47.6 Å². The molecule has 0 saturated heterocycles. The zero-order valence-electron chi connectivity index (χ0n) is 32.2. The second-order valence-corrected chi connectivity index (χ2v) is 26.8. The SMILES string of the molecule is CC(C)(C)OC(=O)C[C@H](NC(=O)OC(C)(C)C)C(=O)N[C@@H](Cc1ccc(O[Si](C)(C)C(C)(C)C)c(O[Si](C)(C)C(C)(C)C)c1)C(=O)CO. The Morgan fingerprint density at radius 2 is 1.19 bits per heavy atom. The zero-order chi connectivity index (χ0) is 37.7. The Morgan fingerprint density at radius 3 is 1.62 bits per heavy atom. The number of amides is 2. The maximum Gasteiger partial charge on any atom is 0.408 e. The van der Waals surface area contributed by atoms with Crippen molar-refractivity contribution in [1.82, 2.24) is 10.6 Å². The number of Topliss-reactive ketones (excluding diaryl/α,β-unsaturated/α-hetero) is 1. The number of hydrogen-bond donors (Lipinski definition) is 3. The molecule has 0 bridgehead atoms. The van der Waals surface area contributed by atoms with Crippen LogP contribution >= 0.6 is 0 Å². The smallest absolute Gasteiger partial charge is 0.408 e. The Balaban J connectivity index is 3.52. The lowest BCUT2D eigenvalue weighted by Gasteiger charge is -2.39. The molecular formula is C35H62N2O9Si2. The second kappa shape index (κ2) is 15.8. The van der Waals surface area contributed by atoms with Gasteiger partial charge in [0.25, 0.3) is 16.6 Å². The Hall–Kier alpha value is -2.91. The summed E-state index contributed by atoms with van der Waals surface area (Å²) in [5, 5.41) is 14.7. The zero-order valence-corrected chi connectivity index (χ0v) is 34.2. The molecule has 2 atom stereocenters. The van der Waals surface area contributed by atoms with Crippen LogP contribution in [-0.4, -0.2) is 75.4 Å². The van der Waals surface area contributed by atoms with Crippen LogP contribution in [0.2, 0.25) is 36.3 Å². The quantitative estimate of drug-likeness (QED) is 0.151. The van der Waals surface area contributed by atoms with Crippen molar-refractivity contribution in [3.63, 3.8) is 0 Å². The van der Waals surface area contributed by atoms with Crippen LogP contribution in [0.25, 0.3) is 0 Å². The van der Waals surface area contributed by atoms with Crippen LogP contribution in [0, 0.1) is 0 Å². The molecule has 0 radical (unpaired) electrons. The van der Waals surface area contributed by atoms with Gasteiger partial charge in [-0.2, -0.15) is 0 Å². The summed E-state index contributed by atoms with van der Waals surface area (Å²) < 4.78 is 24.1. The maximum absolute atomic E-state index is 13.6. The summed E-state index contributed by atoms with van der Waals surface area (Å²) >= 11 is 0. The van der Waals surface area contributed by atoms with Gasteiger partial charge >= 0.3 is 12.1 Å². The fraction of sp³-hybridized carbons (Fsp3) is 0.714. The van der Waals surface area contributed by atoms with E-state index < -0.39 is 76.7 Å². The molecule has 0 aliphatic heterocycles. The van der Waals surface area contributed by atoms with Crippen LogP contribution in [0.1, 0.15) is 95.1 Å². The van der Waals surface area contributed by atoms with Crippen molar-refractivity contribution >= 4 is 40.4 Å². The van der Waals surface area contributed by atoms with Crippen LogP contribution in [-0.2, 0) is 30.3 Å². The molecule has 2 amide bonds. The van der Waals surface area contributed by atoms with Crippen molar-refractivity contribution in [2.24, 2.45) is 0 Å². The summed E-state index contributed by atoms with van der Waals surface area (Å²) in [6, 6.07) is 2.86. The summed E-state index contributed by atoms with van der Waals surface area (Å²) in [5.41, 5.74) is -1.04. The van der Waals surface area contributed by atoms with Gasteiger partial charge in [0, 0.05) is 0 Å². The standard InChI is InChI=1S/C35H62N2O9Si2/c1-32(2,3)43-29(40)21-25(37-31(42)44-33(4,5)6)30(41)36-24(26(39)22-38)19-23-17-18-27(45-47(13,14)34(7,8)9)28(20-23)46-48(15,16)35(10,11)12/h17-18,20,24-25,38H,19,21-22H2,1-16H3,(H,36,41)(H,37,42)/t24-,25-/m0/s1. The topological polar surface area (TPSA) is 149 Å². The van der Waals surface area contributed by atoms with Crippen molar-refractivity contribution in [3.05, 3.63) is 23.8 Å². The minimum Gasteiger partial charge on any atom is -0.541 e. The number of nitrogens with one attached hydrogen (secondary N) is 2. The monoisotopic (exact) mass is 710 g/mol. The number of rotatable bonds is 13. The normalized spacial score (nSPS) is 14.4. The number of carbonyl (C=O) groups is 4. The first-order valence-electron chi connectivity index (χ1n) is 16.5. The maximum atomic E-state index is 13.6. The molecule has 0 aliphatic rings. The van der Waals surface area contributed by atoms with Crippen molar-refractivity contribution in [2.45, 2.75) is 155 Å². The van der Waals surface area contributed by atoms with Crippen LogP contribution < -0.4 is 19.5 Å². The summed E-state index contributed by atoms with van der Waals surface area (Å²) in [6.45, 7) is 30.7. The van der Waals surface area contributed by atoms with E-state index in [4.69, 9.17) is 18.3 Å². The van der Waals surface area contributed by atoms with Crippen molar-refractivity contribution in [2.75, 3.05) is 6.61 Å². The Bertz CT molecular complexity index is 1270. The van der Waals surface area contributed by atoms with Gasteiger partial charge in [-0.3, -0.25) is 14.4 Å². The summed E-state index contributed by atoms with van der Waals surface area (Å²) in [4.78, 5) is 51.9. The summed E-state index contributed by atoms with van der Waals surface area (Å²) in [6.07, 6.45) is -1.42. The van der Waals surface area contributed by atoms with E-state index in [9.17, 15) is 24.3 Å². The van der Waals surface area contributed by atoms with Gasteiger partial charge in [0.05, 0.1) is 12.5 Å². The Labute approximate surface area is 290 Å². The highest BCUT2D eigenvalue weighted by atomic mass is 28.4. The fourth-order valence-electron chi connectivity index (χ4n) is 3.77. The molecule has 0 aromatic heterocycles. The molecule has 1 rings (SSSR count). The average Bonchev–Trinajstić information content (AvgIpc) is 2.85. The highest BCUT2D eigenvalue weighted by Crippen LogP contribution is 2.44. The number of hydrogen-bond acceptors (Lipinski definition) is 9. The lowest BCUT2D eigenvalue weighted by Crippen LogP contribution is -2.54. The van der Waals surface area contributed by atoms with Crippen LogP contribution in [0.15, 0.2) is 18.2 Å². The van der Waals surface area contributed by atoms with Crippen LogP contribution in [0.4, 0.5) is 4.79 Å². The van der Waals surface area contributed by atoms with Crippen LogP contribution in [0.5, 0.6) is 11.5 Å². The molecule has 1 aromatic carbocycles. The average molecular weight is 711 g/mol. The van der Waals surface area contributed by atoms with E-state index in [-0.39, 0.29) is 16.5 Å². The first-order chi connectivity index (χ1) is 21.4. The number of alkyl carbamates (subject to hydrolysis) is 1. The third-order valence-electron chi connectivity index (χ3n) is 8.45.